The summed E-state index contributed by atoms with van der Waals surface area (Å²) in [5.74, 6) is -1.00. The van der Waals surface area contributed by atoms with Gasteiger partial charge in [0.15, 0.2) is 0 Å². The molecule has 0 unspecified atom stereocenters. The van der Waals surface area contributed by atoms with Crippen molar-refractivity contribution in [2.24, 2.45) is 0 Å². The van der Waals surface area contributed by atoms with Crippen molar-refractivity contribution in [2.75, 3.05) is 5.32 Å². The van der Waals surface area contributed by atoms with Crippen LogP contribution in [0.15, 0.2) is 42.6 Å². The maximum absolute atomic E-state index is 13.3. The zero-order chi connectivity index (χ0) is 13.0. The third kappa shape index (κ3) is 2.50. The van der Waals surface area contributed by atoms with Crippen molar-refractivity contribution >= 4 is 11.6 Å². The van der Waals surface area contributed by atoms with E-state index >= 15 is 0 Å². The summed E-state index contributed by atoms with van der Waals surface area (Å²) in [4.78, 5) is 15.6. The summed E-state index contributed by atoms with van der Waals surface area (Å²) in [6, 6.07) is 10.5. The van der Waals surface area contributed by atoms with Crippen LogP contribution in [0.25, 0.3) is 0 Å². The molecule has 2 aromatic rings. The van der Waals surface area contributed by atoms with Crippen LogP contribution in [-0.4, -0.2) is 10.9 Å². The number of para-hydroxylation sites is 1. The fourth-order valence-electron chi connectivity index (χ4n) is 1.39. The number of rotatable bonds is 2. The molecule has 5 heteroatoms. The van der Waals surface area contributed by atoms with Crippen molar-refractivity contribution < 1.29 is 9.18 Å². The molecule has 0 fully saturated rings. The van der Waals surface area contributed by atoms with Gasteiger partial charge in [-0.3, -0.25) is 4.79 Å². The molecule has 0 atom stereocenters. The zero-order valence-electron chi connectivity index (χ0n) is 9.22. The van der Waals surface area contributed by atoms with Gasteiger partial charge in [0.1, 0.15) is 17.6 Å². The van der Waals surface area contributed by atoms with Crippen LogP contribution in [0.5, 0.6) is 0 Å². The molecule has 0 spiro atoms. The Hall–Kier alpha value is -2.74. The molecule has 0 radical (unpaired) electrons. The normalized spacial score (nSPS) is 9.56. The van der Waals surface area contributed by atoms with E-state index in [4.69, 9.17) is 5.26 Å². The van der Waals surface area contributed by atoms with Crippen molar-refractivity contribution in [1.82, 2.24) is 4.98 Å². The number of hydrogen-bond acceptors (Lipinski definition) is 3. The summed E-state index contributed by atoms with van der Waals surface area (Å²) in [5.41, 5.74) is 0.485. The van der Waals surface area contributed by atoms with Gasteiger partial charge in [0, 0.05) is 11.8 Å². The largest absolute Gasteiger partial charge is 0.319 e. The van der Waals surface area contributed by atoms with Crippen molar-refractivity contribution in [3.63, 3.8) is 0 Å². The molecule has 2 rings (SSSR count). The van der Waals surface area contributed by atoms with Crippen molar-refractivity contribution in [3.05, 3.63) is 59.7 Å². The van der Waals surface area contributed by atoms with Gasteiger partial charge in [-0.05, 0) is 24.3 Å². The van der Waals surface area contributed by atoms with E-state index in [-0.39, 0.29) is 16.9 Å². The standard InChI is InChI=1S/C13H8FN3O/c14-11-3-1-2-4-12(11)17-13(18)9-5-6-16-10(7-9)8-15/h1-7H,(H,17,18). The highest BCUT2D eigenvalue weighted by molar-refractivity contribution is 6.04. The van der Waals surface area contributed by atoms with Crippen molar-refractivity contribution in [1.29, 1.82) is 5.26 Å². The Morgan fingerprint density at radius 2 is 2.11 bits per heavy atom. The van der Waals surface area contributed by atoms with E-state index in [1.165, 1.54) is 36.5 Å². The molecule has 18 heavy (non-hydrogen) atoms. The predicted octanol–water partition coefficient (Wildman–Crippen LogP) is 2.34. The van der Waals surface area contributed by atoms with Crippen LogP contribution < -0.4 is 5.32 Å². The van der Waals surface area contributed by atoms with Crippen LogP contribution in [0.2, 0.25) is 0 Å². The minimum absolute atomic E-state index is 0.0952. The molecule has 1 aromatic heterocycles. The van der Waals surface area contributed by atoms with E-state index < -0.39 is 11.7 Å². The second kappa shape index (κ2) is 5.06. The fraction of sp³-hybridized carbons (Fsp3) is 0. The maximum Gasteiger partial charge on any atom is 0.255 e. The second-order valence-corrected chi connectivity index (χ2v) is 3.48. The summed E-state index contributed by atoms with van der Waals surface area (Å²) in [7, 11) is 0. The van der Waals surface area contributed by atoms with Crippen LogP contribution in [0.3, 0.4) is 0 Å². The van der Waals surface area contributed by atoms with Crippen molar-refractivity contribution in [2.45, 2.75) is 0 Å². The summed E-state index contributed by atoms with van der Waals surface area (Å²) < 4.78 is 13.3. The van der Waals surface area contributed by atoms with Gasteiger partial charge >= 0.3 is 0 Å². The lowest BCUT2D eigenvalue weighted by atomic mass is 10.2. The Kier molecular flexibility index (Phi) is 3.30. The average Bonchev–Trinajstić information content (AvgIpc) is 2.41. The first-order valence-electron chi connectivity index (χ1n) is 5.13. The Labute approximate surface area is 103 Å². The van der Waals surface area contributed by atoms with E-state index in [2.05, 4.69) is 10.3 Å². The summed E-state index contributed by atoms with van der Waals surface area (Å²) in [5, 5.41) is 11.1. The molecular formula is C13H8FN3O. The number of nitriles is 1. The predicted molar refractivity (Wildman–Crippen MR) is 63.3 cm³/mol. The molecule has 0 aliphatic heterocycles. The minimum Gasteiger partial charge on any atom is -0.319 e. The second-order valence-electron chi connectivity index (χ2n) is 3.48. The quantitative estimate of drug-likeness (QED) is 0.877. The van der Waals surface area contributed by atoms with Gasteiger partial charge in [-0.15, -0.1) is 0 Å². The third-order valence-electron chi connectivity index (χ3n) is 2.26. The number of nitrogens with zero attached hydrogens (tertiary/aromatic N) is 2. The highest BCUT2D eigenvalue weighted by Gasteiger charge is 2.09. The summed E-state index contributed by atoms with van der Waals surface area (Å²) in [6.45, 7) is 0. The van der Waals surface area contributed by atoms with Gasteiger partial charge in [0.05, 0.1) is 5.69 Å². The van der Waals surface area contributed by atoms with Crippen LogP contribution in [0, 0.1) is 17.1 Å². The first kappa shape index (κ1) is 11.7. The lowest BCUT2D eigenvalue weighted by molar-refractivity contribution is 0.102. The molecule has 1 aromatic carbocycles. The highest BCUT2D eigenvalue weighted by atomic mass is 19.1. The Balaban J connectivity index is 2.23. The Bertz CT molecular complexity index is 634. The van der Waals surface area contributed by atoms with Crippen LogP contribution in [0.1, 0.15) is 16.1 Å². The first-order valence-corrected chi connectivity index (χ1v) is 5.13. The number of carbonyl (C=O) groups excluding carboxylic acids is 1. The third-order valence-corrected chi connectivity index (χ3v) is 2.26. The number of halogens is 1. The van der Waals surface area contributed by atoms with Crippen LogP contribution in [0.4, 0.5) is 10.1 Å². The summed E-state index contributed by atoms with van der Waals surface area (Å²) >= 11 is 0. The SMILES string of the molecule is N#Cc1cc(C(=O)Nc2ccccc2F)ccn1. The number of benzene rings is 1. The number of hydrogen-bond donors (Lipinski definition) is 1. The number of pyridine rings is 1. The molecule has 1 N–H and O–H groups in total. The Morgan fingerprint density at radius 3 is 2.83 bits per heavy atom. The molecule has 4 nitrogen and oxygen atoms in total. The number of aromatic nitrogens is 1. The van der Waals surface area contributed by atoms with E-state index in [0.717, 1.165) is 0 Å². The minimum atomic E-state index is -0.514. The lowest BCUT2D eigenvalue weighted by Gasteiger charge is -2.05. The number of amides is 1. The van der Waals surface area contributed by atoms with Gasteiger partial charge in [0.25, 0.3) is 5.91 Å². The molecular weight excluding hydrogens is 233 g/mol. The lowest BCUT2D eigenvalue weighted by Crippen LogP contribution is -2.13. The number of anilines is 1. The maximum atomic E-state index is 13.3. The molecule has 0 saturated carbocycles. The smallest absolute Gasteiger partial charge is 0.255 e. The van der Waals surface area contributed by atoms with Crippen LogP contribution >= 0.6 is 0 Å². The van der Waals surface area contributed by atoms with Crippen LogP contribution in [-0.2, 0) is 0 Å². The van der Waals surface area contributed by atoms with E-state index in [9.17, 15) is 9.18 Å². The molecule has 1 amide bonds. The molecule has 0 aliphatic carbocycles. The van der Waals surface area contributed by atoms with Gasteiger partial charge in [-0.2, -0.15) is 5.26 Å². The molecule has 0 saturated heterocycles. The molecule has 1 heterocycles. The van der Waals surface area contributed by atoms with E-state index in [0.29, 0.717) is 0 Å². The van der Waals surface area contributed by atoms with Gasteiger partial charge in [0.2, 0.25) is 0 Å². The van der Waals surface area contributed by atoms with E-state index in [1.54, 1.807) is 6.07 Å². The number of carbonyl (C=O) groups is 1. The monoisotopic (exact) mass is 241 g/mol. The first-order chi connectivity index (χ1) is 8.70. The van der Waals surface area contributed by atoms with Crippen molar-refractivity contribution in [3.8, 4) is 6.07 Å². The summed E-state index contributed by atoms with van der Waals surface area (Å²) in [6.07, 6.45) is 1.36. The van der Waals surface area contributed by atoms with Gasteiger partial charge in [-0.25, -0.2) is 9.37 Å². The molecule has 0 aliphatic rings. The topological polar surface area (TPSA) is 65.8 Å². The highest BCUT2D eigenvalue weighted by Crippen LogP contribution is 2.14. The van der Waals surface area contributed by atoms with E-state index in [1.807, 2.05) is 6.07 Å². The molecule has 0 bridgehead atoms. The molecule has 88 valence electrons. The van der Waals surface area contributed by atoms with Gasteiger partial charge in [-0.1, -0.05) is 12.1 Å². The average molecular weight is 241 g/mol. The fourth-order valence-corrected chi connectivity index (χ4v) is 1.39. The Morgan fingerprint density at radius 1 is 1.33 bits per heavy atom. The van der Waals surface area contributed by atoms with Gasteiger partial charge < -0.3 is 5.32 Å². The number of nitrogens with one attached hydrogen (secondary N) is 1. The zero-order valence-corrected chi connectivity index (χ0v) is 9.22.